The maximum atomic E-state index is 13.0. The first kappa shape index (κ1) is 24.9. The van der Waals surface area contributed by atoms with Crippen molar-refractivity contribution < 1.29 is 49.3 Å². The van der Waals surface area contributed by atoms with Crippen LogP contribution in [0.15, 0.2) is 23.3 Å². The smallest absolute Gasteiger partial charge is 0.335 e. The van der Waals surface area contributed by atoms with E-state index in [0.717, 1.165) is 0 Å². The summed E-state index contributed by atoms with van der Waals surface area (Å²) in [5, 5.41) is 56.2. The Hall–Kier alpha value is -1.82. The lowest BCUT2D eigenvalue weighted by atomic mass is 9.37. The molecular weight excluding hydrogens is 460 g/mol. The minimum atomic E-state index is -2.16. The Bertz CT molecular complexity index is 1020. The Morgan fingerprint density at radius 1 is 1.23 bits per heavy atom. The number of rotatable bonds is 2. The molecule has 10 nitrogen and oxygen atoms in total. The van der Waals surface area contributed by atoms with Gasteiger partial charge in [0.1, 0.15) is 18.3 Å². The molecule has 0 amide bonds. The van der Waals surface area contributed by atoms with Crippen molar-refractivity contribution in [3.63, 3.8) is 0 Å². The molecule has 0 aromatic heterocycles. The Morgan fingerprint density at radius 2 is 1.89 bits per heavy atom. The molecule has 0 aromatic rings. The second-order valence-electron chi connectivity index (χ2n) is 11.2. The summed E-state index contributed by atoms with van der Waals surface area (Å²) in [5.74, 6) is -7.28. The van der Waals surface area contributed by atoms with Crippen LogP contribution in [0.25, 0.3) is 0 Å². The van der Waals surface area contributed by atoms with Crippen LogP contribution in [0.1, 0.15) is 34.6 Å². The van der Waals surface area contributed by atoms with Crippen LogP contribution < -0.4 is 0 Å². The molecule has 194 valence electrons. The third-order valence-corrected chi connectivity index (χ3v) is 9.77. The summed E-state index contributed by atoms with van der Waals surface area (Å²) in [6.07, 6.45) is -5.04. The van der Waals surface area contributed by atoms with E-state index >= 15 is 0 Å². The fourth-order valence-corrected chi connectivity index (χ4v) is 8.37. The molecule has 13 atom stereocenters. The van der Waals surface area contributed by atoms with Crippen LogP contribution in [0, 0.1) is 34.5 Å². The van der Waals surface area contributed by atoms with E-state index in [0.29, 0.717) is 11.1 Å². The van der Waals surface area contributed by atoms with Crippen molar-refractivity contribution in [1.29, 1.82) is 0 Å². The summed E-state index contributed by atoms with van der Waals surface area (Å²) in [6.45, 7) is 8.05. The van der Waals surface area contributed by atoms with Crippen LogP contribution in [-0.2, 0) is 23.8 Å². The molecule has 0 aromatic carbocycles. The van der Waals surface area contributed by atoms with Crippen LogP contribution >= 0.6 is 0 Å². The highest BCUT2D eigenvalue weighted by Gasteiger charge is 2.85. The molecule has 2 aliphatic heterocycles. The molecule has 2 heterocycles. The van der Waals surface area contributed by atoms with Crippen molar-refractivity contribution in [2.45, 2.75) is 77.0 Å². The zero-order chi connectivity index (χ0) is 25.8. The number of hydrogen-bond acceptors (Lipinski definition) is 10. The first-order chi connectivity index (χ1) is 16.3. The number of carbonyl (C=O) groups excluding carboxylic acids is 2. The lowest BCUT2D eigenvalue weighted by molar-refractivity contribution is -0.357. The standard InChI is InChI=1S/C25H34O10/c1-6-9(2)20(30)34-16-13-10(3)7-12(26)18(29)23(13,5)22-24-8-33-25(22,32)17(28)11(4)14(24)15(27)21(31)35-19(16)24/h6-7,11-19,22,26-29,32H,8H2,1-5H3/b9-6+/t11-,12+,13-,14-,15-,16-,17-,18-,19-,22-,23-,24-,25?/m1/s1. The molecule has 4 fully saturated rings. The normalized spacial score (nSPS) is 54.9. The van der Waals surface area contributed by atoms with E-state index in [9.17, 15) is 35.1 Å². The predicted molar refractivity (Wildman–Crippen MR) is 118 cm³/mol. The van der Waals surface area contributed by atoms with Gasteiger partial charge in [-0.3, -0.25) is 0 Å². The van der Waals surface area contributed by atoms with Gasteiger partial charge in [-0.15, -0.1) is 0 Å². The molecular formula is C25H34O10. The monoisotopic (exact) mass is 494 g/mol. The van der Waals surface area contributed by atoms with E-state index in [1.54, 1.807) is 40.7 Å². The maximum Gasteiger partial charge on any atom is 0.335 e. The average molecular weight is 495 g/mol. The number of carbonyl (C=O) groups is 2. The highest BCUT2D eigenvalue weighted by Crippen LogP contribution is 2.74. The fourth-order valence-electron chi connectivity index (χ4n) is 8.37. The van der Waals surface area contributed by atoms with Crippen molar-refractivity contribution in [2.75, 3.05) is 6.61 Å². The van der Waals surface area contributed by atoms with Gasteiger partial charge in [0.25, 0.3) is 0 Å². The number of hydrogen-bond donors (Lipinski definition) is 5. The second-order valence-corrected chi connectivity index (χ2v) is 11.2. The van der Waals surface area contributed by atoms with Crippen LogP contribution in [-0.4, -0.2) is 86.5 Å². The van der Waals surface area contributed by atoms with Gasteiger partial charge in [-0.05, 0) is 26.7 Å². The van der Waals surface area contributed by atoms with Gasteiger partial charge in [-0.25, -0.2) is 9.59 Å². The van der Waals surface area contributed by atoms with Crippen molar-refractivity contribution >= 4 is 11.9 Å². The number of ether oxygens (including phenoxy) is 3. The Morgan fingerprint density at radius 3 is 2.51 bits per heavy atom. The van der Waals surface area contributed by atoms with Crippen molar-refractivity contribution in [1.82, 2.24) is 0 Å². The third-order valence-electron chi connectivity index (χ3n) is 9.77. The largest absolute Gasteiger partial charge is 0.456 e. The predicted octanol–water partition coefficient (Wildman–Crippen LogP) is -0.583. The summed E-state index contributed by atoms with van der Waals surface area (Å²) in [7, 11) is 0. The van der Waals surface area contributed by atoms with Gasteiger partial charge in [0.15, 0.2) is 11.9 Å². The zero-order valence-electron chi connectivity index (χ0n) is 20.4. The highest BCUT2D eigenvalue weighted by atomic mass is 16.7. The Labute approximate surface area is 203 Å². The lowest BCUT2D eigenvalue weighted by Gasteiger charge is -2.69. The summed E-state index contributed by atoms with van der Waals surface area (Å²) in [5.41, 5.74) is -1.79. The number of aliphatic hydroxyl groups excluding tert-OH is 4. The maximum absolute atomic E-state index is 13.0. The van der Waals surface area contributed by atoms with Crippen molar-refractivity contribution in [3.8, 4) is 0 Å². The number of fused-ring (bicyclic) bond motifs is 1. The quantitative estimate of drug-likeness (QED) is 0.191. The minimum Gasteiger partial charge on any atom is -0.456 e. The van der Waals surface area contributed by atoms with E-state index in [-0.39, 0.29) is 6.61 Å². The lowest BCUT2D eigenvalue weighted by Crippen LogP contribution is -2.81. The molecule has 3 aliphatic carbocycles. The van der Waals surface area contributed by atoms with Gasteiger partial charge in [0.05, 0.1) is 18.8 Å². The summed E-state index contributed by atoms with van der Waals surface area (Å²) >= 11 is 0. The average Bonchev–Trinajstić information content (AvgIpc) is 3.09. The SMILES string of the molecule is C/C=C(\C)C(=O)O[C@@H]1[C@H]2C(C)=C[C@H](O)[C@@H](O)[C@]2(C)[C@H]2C3(O)OC[C@]24[C@H]([C@@H](C)[C@H]3O)[C@@H](O)C(=O)O[C@H]14. The Balaban J connectivity index is 1.80. The first-order valence-electron chi connectivity index (χ1n) is 12.1. The van der Waals surface area contributed by atoms with Crippen LogP contribution in [0.5, 0.6) is 0 Å². The number of esters is 2. The molecule has 2 saturated carbocycles. The van der Waals surface area contributed by atoms with Gasteiger partial charge in [0.2, 0.25) is 0 Å². The van der Waals surface area contributed by atoms with Crippen LogP contribution in [0.4, 0.5) is 0 Å². The highest BCUT2D eigenvalue weighted by molar-refractivity contribution is 5.88. The molecule has 2 bridgehead atoms. The van der Waals surface area contributed by atoms with Crippen molar-refractivity contribution in [3.05, 3.63) is 23.3 Å². The topological polar surface area (TPSA) is 163 Å². The van der Waals surface area contributed by atoms with Gasteiger partial charge in [-0.2, -0.15) is 0 Å². The Kier molecular flexibility index (Phi) is 5.39. The second kappa shape index (κ2) is 7.60. The third kappa shape index (κ3) is 2.75. The summed E-state index contributed by atoms with van der Waals surface area (Å²) in [6, 6.07) is 0. The van der Waals surface area contributed by atoms with Crippen LogP contribution in [0.2, 0.25) is 0 Å². The molecule has 2 saturated heterocycles. The van der Waals surface area contributed by atoms with E-state index in [1.165, 1.54) is 6.08 Å². The van der Waals surface area contributed by atoms with E-state index in [4.69, 9.17) is 14.2 Å². The van der Waals surface area contributed by atoms with Crippen LogP contribution in [0.3, 0.4) is 0 Å². The molecule has 5 rings (SSSR count). The molecule has 5 aliphatic rings. The molecule has 0 radical (unpaired) electrons. The summed E-state index contributed by atoms with van der Waals surface area (Å²) < 4.78 is 17.7. The van der Waals surface area contributed by atoms with Gasteiger partial charge in [0, 0.05) is 34.2 Å². The van der Waals surface area contributed by atoms with Gasteiger partial charge in [-0.1, -0.05) is 31.6 Å². The number of aliphatic hydroxyl groups is 5. The zero-order valence-corrected chi connectivity index (χ0v) is 20.4. The van der Waals surface area contributed by atoms with E-state index < -0.39 is 88.9 Å². The minimum absolute atomic E-state index is 0.209. The molecule has 1 spiro atoms. The molecule has 10 heteroatoms. The van der Waals surface area contributed by atoms with Crippen molar-refractivity contribution in [2.24, 2.45) is 34.5 Å². The number of allylic oxidation sites excluding steroid dienone is 1. The summed E-state index contributed by atoms with van der Waals surface area (Å²) in [4.78, 5) is 25.9. The molecule has 35 heavy (non-hydrogen) atoms. The fraction of sp³-hybridized carbons (Fsp3) is 0.760. The molecule has 5 N–H and O–H groups in total. The first-order valence-corrected chi connectivity index (χ1v) is 12.1. The van der Waals surface area contributed by atoms with Gasteiger partial charge >= 0.3 is 11.9 Å². The van der Waals surface area contributed by atoms with E-state index in [1.807, 2.05) is 0 Å². The van der Waals surface area contributed by atoms with Gasteiger partial charge < -0.3 is 39.7 Å². The molecule has 1 unspecified atom stereocenters. The van der Waals surface area contributed by atoms with E-state index in [2.05, 4.69) is 0 Å².